The molecule has 10 nitrogen and oxygen atoms in total. The number of nitro benzene ring substituents is 1. The van der Waals surface area contributed by atoms with Gasteiger partial charge in [-0.2, -0.15) is 5.10 Å². The van der Waals surface area contributed by atoms with E-state index in [0.717, 1.165) is 5.56 Å². The highest BCUT2D eigenvalue weighted by Gasteiger charge is 2.31. The fourth-order valence-corrected chi connectivity index (χ4v) is 4.62. The molecule has 0 radical (unpaired) electrons. The van der Waals surface area contributed by atoms with Gasteiger partial charge in [0, 0.05) is 55.8 Å². The summed E-state index contributed by atoms with van der Waals surface area (Å²) in [4.78, 5) is 41.3. The summed E-state index contributed by atoms with van der Waals surface area (Å²) in [6, 6.07) is 9.70. The van der Waals surface area contributed by atoms with E-state index in [9.17, 15) is 19.7 Å². The zero-order chi connectivity index (χ0) is 24.8. The van der Waals surface area contributed by atoms with Crippen LogP contribution < -0.4 is 5.32 Å². The highest BCUT2D eigenvalue weighted by atomic mass is 32.2. The second-order valence-corrected chi connectivity index (χ2v) is 9.24. The number of nitrogens with one attached hydrogen (secondary N) is 1. The normalized spacial score (nSPS) is 14.5. The molecule has 0 aliphatic carbocycles. The second-order valence-electron chi connectivity index (χ2n) is 7.57. The van der Waals surface area contributed by atoms with Crippen molar-refractivity contribution in [3.8, 4) is 5.69 Å². The van der Waals surface area contributed by atoms with Crippen LogP contribution in [0.15, 0.2) is 66.1 Å². The van der Waals surface area contributed by atoms with Gasteiger partial charge in [0.1, 0.15) is 4.32 Å². The van der Waals surface area contributed by atoms with Crippen LogP contribution in [0.5, 0.6) is 0 Å². The van der Waals surface area contributed by atoms with Crippen LogP contribution in [0.4, 0.5) is 5.69 Å². The Kier molecular flexibility index (Phi) is 7.63. The minimum absolute atomic E-state index is 0.00391. The first-order chi connectivity index (χ1) is 16.9. The quantitative estimate of drug-likeness (QED) is 0.202. The van der Waals surface area contributed by atoms with Crippen LogP contribution in [0, 0.1) is 10.1 Å². The number of hydrogen-bond acceptors (Lipinski definition) is 8. The molecule has 3 heterocycles. The molecule has 1 saturated heterocycles. The van der Waals surface area contributed by atoms with Crippen molar-refractivity contribution in [1.29, 1.82) is 0 Å². The van der Waals surface area contributed by atoms with Crippen molar-refractivity contribution in [2.75, 3.05) is 6.54 Å². The van der Waals surface area contributed by atoms with Gasteiger partial charge in [-0.05, 0) is 36.3 Å². The first-order valence-corrected chi connectivity index (χ1v) is 11.8. The lowest BCUT2D eigenvalue weighted by Gasteiger charge is -2.14. The van der Waals surface area contributed by atoms with Crippen LogP contribution in [0.2, 0.25) is 0 Å². The number of rotatable bonds is 9. The number of carbonyl (C=O) groups excluding carboxylic acids is 2. The van der Waals surface area contributed by atoms with Gasteiger partial charge in [-0.25, -0.2) is 4.68 Å². The van der Waals surface area contributed by atoms with E-state index in [1.54, 1.807) is 47.7 Å². The van der Waals surface area contributed by atoms with Gasteiger partial charge in [-0.1, -0.05) is 30.0 Å². The summed E-state index contributed by atoms with van der Waals surface area (Å²) in [6.45, 7) is 0.758. The minimum atomic E-state index is -0.463. The second kappa shape index (κ2) is 11.0. The molecule has 0 unspecified atom stereocenters. The SMILES string of the molecule is O=C(CCCN1C(=O)/C(=C/c2cnn(-c3ccc([N+](=O)[O-])cc3)c2)SC1=S)NCc1cccnc1. The summed E-state index contributed by atoms with van der Waals surface area (Å²) in [5, 5.41) is 17.9. The average molecular weight is 509 g/mol. The van der Waals surface area contributed by atoms with Gasteiger partial charge in [-0.15, -0.1) is 0 Å². The molecule has 0 bridgehead atoms. The van der Waals surface area contributed by atoms with Gasteiger partial charge >= 0.3 is 0 Å². The molecular formula is C23H20N6O4S2. The molecule has 0 saturated carbocycles. The Morgan fingerprint density at radius 1 is 1.23 bits per heavy atom. The zero-order valence-electron chi connectivity index (χ0n) is 18.4. The number of non-ortho nitro benzene ring substituents is 1. The minimum Gasteiger partial charge on any atom is -0.352 e. The van der Waals surface area contributed by atoms with Crippen molar-refractivity contribution in [3.05, 3.63) is 87.3 Å². The summed E-state index contributed by atoms with van der Waals surface area (Å²) in [5.41, 5.74) is 2.26. The highest BCUT2D eigenvalue weighted by Crippen LogP contribution is 2.32. The van der Waals surface area contributed by atoms with E-state index in [-0.39, 0.29) is 23.9 Å². The van der Waals surface area contributed by atoms with Gasteiger partial charge < -0.3 is 5.32 Å². The number of aromatic nitrogens is 3. The molecular weight excluding hydrogens is 488 g/mol. The zero-order valence-corrected chi connectivity index (χ0v) is 20.0. The molecule has 1 N–H and O–H groups in total. The predicted molar refractivity (Wildman–Crippen MR) is 135 cm³/mol. The standard InChI is InChI=1S/C23H20N6O4S2/c30-21(25-13-16-3-1-9-24-12-16)4-2-10-27-22(31)20(35-23(27)34)11-17-14-26-28(15-17)18-5-7-19(8-6-18)29(32)33/h1,3,5-9,11-12,14-15H,2,4,10,13H2,(H,25,30)/b20-11-. The number of nitro groups is 1. The van der Waals surface area contributed by atoms with Crippen LogP contribution in [0.1, 0.15) is 24.0 Å². The number of thioether (sulfide) groups is 1. The third-order valence-corrected chi connectivity index (χ3v) is 6.47. The Balaban J connectivity index is 1.31. The molecule has 4 rings (SSSR count). The van der Waals surface area contributed by atoms with E-state index in [1.165, 1.54) is 28.8 Å². The van der Waals surface area contributed by atoms with Crippen LogP contribution in [0.25, 0.3) is 11.8 Å². The van der Waals surface area contributed by atoms with E-state index < -0.39 is 4.92 Å². The van der Waals surface area contributed by atoms with Crippen LogP contribution in [0.3, 0.4) is 0 Å². The molecule has 3 aromatic rings. The number of benzene rings is 1. The molecule has 2 amide bonds. The molecule has 35 heavy (non-hydrogen) atoms. The monoisotopic (exact) mass is 508 g/mol. The smallest absolute Gasteiger partial charge is 0.269 e. The number of pyridine rings is 1. The maximum absolute atomic E-state index is 12.8. The van der Waals surface area contributed by atoms with E-state index in [4.69, 9.17) is 12.2 Å². The van der Waals surface area contributed by atoms with E-state index in [2.05, 4.69) is 15.4 Å². The molecule has 1 aliphatic rings. The lowest BCUT2D eigenvalue weighted by Crippen LogP contribution is -2.30. The van der Waals surface area contributed by atoms with E-state index in [0.29, 0.717) is 40.0 Å². The van der Waals surface area contributed by atoms with Gasteiger partial charge in [0.25, 0.3) is 11.6 Å². The van der Waals surface area contributed by atoms with Crippen molar-refractivity contribution in [3.63, 3.8) is 0 Å². The molecule has 1 aliphatic heterocycles. The summed E-state index contributed by atoms with van der Waals surface area (Å²) in [7, 11) is 0. The van der Waals surface area contributed by atoms with Gasteiger partial charge in [0.05, 0.1) is 21.7 Å². The fourth-order valence-electron chi connectivity index (χ4n) is 3.31. The van der Waals surface area contributed by atoms with E-state index in [1.807, 2.05) is 12.1 Å². The van der Waals surface area contributed by atoms with Crippen molar-refractivity contribution in [2.24, 2.45) is 0 Å². The number of carbonyl (C=O) groups is 2. The Labute approximate surface area is 210 Å². The third-order valence-electron chi connectivity index (χ3n) is 5.10. The molecule has 1 fully saturated rings. The molecule has 178 valence electrons. The molecule has 1 aromatic carbocycles. The average Bonchev–Trinajstić information content (AvgIpc) is 3.43. The Bertz CT molecular complexity index is 1290. The fraction of sp³-hybridized carbons (Fsp3) is 0.174. The summed E-state index contributed by atoms with van der Waals surface area (Å²) in [5.74, 6) is -0.313. The summed E-state index contributed by atoms with van der Waals surface area (Å²) < 4.78 is 2.01. The van der Waals surface area contributed by atoms with E-state index >= 15 is 0 Å². The Morgan fingerprint density at radius 2 is 2.03 bits per heavy atom. The predicted octanol–water partition coefficient (Wildman–Crippen LogP) is 3.47. The maximum Gasteiger partial charge on any atom is 0.269 e. The van der Waals surface area contributed by atoms with Crippen LogP contribution in [-0.4, -0.2) is 47.3 Å². The van der Waals surface area contributed by atoms with Gasteiger partial charge in [-0.3, -0.25) is 29.6 Å². The number of thiocarbonyl (C=S) groups is 1. The Morgan fingerprint density at radius 3 is 2.74 bits per heavy atom. The largest absolute Gasteiger partial charge is 0.352 e. The molecule has 0 atom stereocenters. The van der Waals surface area contributed by atoms with Gasteiger partial charge in [0.15, 0.2) is 0 Å². The summed E-state index contributed by atoms with van der Waals surface area (Å²) in [6.07, 6.45) is 9.15. The molecule has 0 spiro atoms. The first-order valence-electron chi connectivity index (χ1n) is 10.6. The lowest BCUT2D eigenvalue weighted by atomic mass is 10.2. The van der Waals surface area contributed by atoms with Crippen molar-refractivity contribution in [2.45, 2.75) is 19.4 Å². The van der Waals surface area contributed by atoms with Crippen LogP contribution >= 0.6 is 24.0 Å². The van der Waals surface area contributed by atoms with Gasteiger partial charge in [0.2, 0.25) is 5.91 Å². The number of hydrogen-bond donors (Lipinski definition) is 1. The number of nitrogens with zero attached hydrogens (tertiary/aromatic N) is 5. The topological polar surface area (TPSA) is 123 Å². The first kappa shape index (κ1) is 24.2. The number of amides is 2. The highest BCUT2D eigenvalue weighted by molar-refractivity contribution is 8.26. The Hall–Kier alpha value is -3.90. The lowest BCUT2D eigenvalue weighted by molar-refractivity contribution is -0.384. The maximum atomic E-state index is 12.8. The molecule has 12 heteroatoms. The third kappa shape index (κ3) is 6.16. The van der Waals surface area contributed by atoms with Crippen molar-refractivity contribution in [1.82, 2.24) is 25.0 Å². The van der Waals surface area contributed by atoms with Crippen molar-refractivity contribution >= 4 is 51.9 Å². The summed E-state index contributed by atoms with van der Waals surface area (Å²) >= 11 is 6.57. The molecule has 2 aromatic heterocycles. The van der Waals surface area contributed by atoms with Crippen molar-refractivity contribution < 1.29 is 14.5 Å². The van der Waals surface area contributed by atoms with Crippen LogP contribution in [-0.2, 0) is 16.1 Å².